The first-order valence-corrected chi connectivity index (χ1v) is 11.1. The van der Waals surface area contributed by atoms with E-state index in [1.807, 2.05) is 42.5 Å². The number of urea groups is 1. The number of amides is 4. The van der Waals surface area contributed by atoms with Crippen molar-refractivity contribution in [3.63, 3.8) is 0 Å². The van der Waals surface area contributed by atoms with E-state index in [0.29, 0.717) is 5.69 Å². The normalized spacial score (nSPS) is 20.0. The van der Waals surface area contributed by atoms with E-state index < -0.39 is 23.4 Å². The average molecular weight is 420 g/mol. The fourth-order valence-electron chi connectivity index (χ4n) is 4.40. The maximum absolute atomic E-state index is 13.1. The van der Waals surface area contributed by atoms with Crippen molar-refractivity contribution < 1.29 is 14.4 Å². The molecule has 1 saturated heterocycles. The Morgan fingerprint density at radius 1 is 1.10 bits per heavy atom. The fourth-order valence-corrected chi connectivity index (χ4v) is 4.40. The molecular weight excluding hydrogens is 390 g/mol. The second kappa shape index (κ2) is 8.53. The molecule has 0 unspecified atom stereocenters. The van der Waals surface area contributed by atoms with Crippen LogP contribution in [0.15, 0.2) is 42.5 Å². The molecule has 1 aliphatic carbocycles. The molecule has 2 aromatic carbocycles. The smallest absolute Gasteiger partial charge is 0.325 e. The number of hydrogen-bond donors (Lipinski definition) is 2. The predicted octanol–water partition coefficient (Wildman–Crippen LogP) is 3.92. The van der Waals surface area contributed by atoms with Crippen LogP contribution < -0.4 is 10.6 Å². The van der Waals surface area contributed by atoms with Crippen LogP contribution in [0, 0.1) is 0 Å². The van der Waals surface area contributed by atoms with Gasteiger partial charge in [0, 0.05) is 5.69 Å². The van der Waals surface area contributed by atoms with Crippen LogP contribution in [0.2, 0.25) is 0 Å². The van der Waals surface area contributed by atoms with E-state index in [1.165, 1.54) is 16.7 Å². The number of anilines is 1. The van der Waals surface area contributed by atoms with Gasteiger partial charge in [0.05, 0.1) is 0 Å². The molecule has 2 N–H and O–H groups in total. The van der Waals surface area contributed by atoms with Gasteiger partial charge in [-0.05, 0) is 73.4 Å². The van der Waals surface area contributed by atoms with Crippen molar-refractivity contribution in [1.29, 1.82) is 0 Å². The number of nitrogens with one attached hydrogen (secondary N) is 2. The molecule has 4 rings (SSSR count). The van der Waals surface area contributed by atoms with Crippen LogP contribution in [-0.2, 0) is 34.4 Å². The number of hydrogen-bond acceptors (Lipinski definition) is 3. The summed E-state index contributed by atoms with van der Waals surface area (Å²) in [6.07, 6.45) is 6.43. The van der Waals surface area contributed by atoms with Crippen LogP contribution in [0.25, 0.3) is 0 Å². The molecule has 0 radical (unpaired) electrons. The van der Waals surface area contributed by atoms with E-state index >= 15 is 0 Å². The molecule has 1 aliphatic heterocycles. The van der Waals surface area contributed by atoms with Crippen LogP contribution in [-0.4, -0.2) is 29.3 Å². The summed E-state index contributed by atoms with van der Waals surface area (Å²) in [6.45, 7) is 3.54. The lowest BCUT2D eigenvalue weighted by Crippen LogP contribution is -2.42. The summed E-state index contributed by atoms with van der Waals surface area (Å²) >= 11 is 0. The van der Waals surface area contributed by atoms with E-state index in [4.69, 9.17) is 0 Å². The molecule has 0 aromatic heterocycles. The van der Waals surface area contributed by atoms with Crippen molar-refractivity contribution >= 4 is 23.5 Å². The number of imide groups is 1. The summed E-state index contributed by atoms with van der Waals surface area (Å²) in [5, 5.41) is 5.57. The molecule has 4 amide bonds. The number of nitrogens with zero attached hydrogens (tertiary/aromatic N) is 1. The molecule has 2 aliphatic rings. The topological polar surface area (TPSA) is 78.5 Å². The van der Waals surface area contributed by atoms with Gasteiger partial charge >= 0.3 is 6.03 Å². The number of carbonyl (C=O) groups is 3. The van der Waals surface area contributed by atoms with E-state index in [-0.39, 0.29) is 6.54 Å². The van der Waals surface area contributed by atoms with Crippen molar-refractivity contribution in [1.82, 2.24) is 10.2 Å². The Labute approximate surface area is 183 Å². The molecule has 0 spiro atoms. The van der Waals surface area contributed by atoms with Crippen LogP contribution in [0.4, 0.5) is 10.5 Å². The van der Waals surface area contributed by atoms with Crippen molar-refractivity contribution in [2.45, 2.75) is 57.9 Å². The monoisotopic (exact) mass is 419 g/mol. The molecule has 2 aromatic rings. The van der Waals surface area contributed by atoms with E-state index in [1.54, 1.807) is 6.92 Å². The zero-order valence-corrected chi connectivity index (χ0v) is 18.2. The molecule has 162 valence electrons. The van der Waals surface area contributed by atoms with Gasteiger partial charge in [0.2, 0.25) is 5.91 Å². The lowest BCUT2D eigenvalue weighted by molar-refractivity contribution is -0.133. The quantitative estimate of drug-likeness (QED) is 0.668. The third-order valence-electron chi connectivity index (χ3n) is 6.31. The number of rotatable bonds is 7. The van der Waals surface area contributed by atoms with Crippen LogP contribution >= 0.6 is 0 Å². The van der Waals surface area contributed by atoms with Crippen molar-refractivity contribution in [3.8, 4) is 0 Å². The molecule has 31 heavy (non-hydrogen) atoms. The zero-order chi connectivity index (χ0) is 22.0. The second-order valence-electron chi connectivity index (χ2n) is 8.63. The predicted molar refractivity (Wildman–Crippen MR) is 120 cm³/mol. The Hall–Kier alpha value is -3.15. The molecule has 0 saturated carbocycles. The van der Waals surface area contributed by atoms with Crippen molar-refractivity contribution in [3.05, 3.63) is 64.7 Å². The second-order valence-corrected chi connectivity index (χ2v) is 8.63. The number of fused-ring (bicyclic) bond motifs is 1. The van der Waals surface area contributed by atoms with Gasteiger partial charge in [-0.3, -0.25) is 14.5 Å². The summed E-state index contributed by atoms with van der Waals surface area (Å²) in [5.41, 5.74) is 4.02. The highest BCUT2D eigenvalue weighted by Gasteiger charge is 2.49. The number of benzene rings is 2. The van der Waals surface area contributed by atoms with Gasteiger partial charge in [0.25, 0.3) is 5.91 Å². The van der Waals surface area contributed by atoms with Gasteiger partial charge < -0.3 is 10.6 Å². The van der Waals surface area contributed by atoms with E-state index in [2.05, 4.69) is 17.6 Å². The van der Waals surface area contributed by atoms with Gasteiger partial charge in [0.1, 0.15) is 12.1 Å². The number of aryl methyl sites for hydroxylation is 3. The highest BCUT2D eigenvalue weighted by Crippen LogP contribution is 2.32. The Bertz CT molecular complexity index is 1020. The Morgan fingerprint density at radius 2 is 1.84 bits per heavy atom. The van der Waals surface area contributed by atoms with Gasteiger partial charge in [-0.25, -0.2) is 4.79 Å². The molecule has 0 bridgehead atoms. The highest BCUT2D eigenvalue weighted by molar-refractivity contribution is 6.10. The van der Waals surface area contributed by atoms with Gasteiger partial charge in [-0.15, -0.1) is 0 Å². The fraction of sp³-hybridized carbons (Fsp3) is 0.400. The average Bonchev–Trinajstić information content (AvgIpc) is 3.31. The van der Waals surface area contributed by atoms with Crippen molar-refractivity contribution in [2.24, 2.45) is 0 Å². The van der Waals surface area contributed by atoms with Crippen LogP contribution in [0.3, 0.4) is 0 Å². The van der Waals surface area contributed by atoms with E-state index in [0.717, 1.165) is 49.0 Å². The van der Waals surface area contributed by atoms with Gasteiger partial charge in [0.15, 0.2) is 0 Å². The minimum Gasteiger partial charge on any atom is -0.325 e. The van der Waals surface area contributed by atoms with E-state index in [9.17, 15) is 14.4 Å². The molecule has 6 nitrogen and oxygen atoms in total. The third kappa shape index (κ3) is 4.20. The summed E-state index contributed by atoms with van der Waals surface area (Å²) < 4.78 is 0. The SMILES string of the molecule is CCCCc1ccc(NC(=O)CN2C(=O)N[C@@](C)(c3ccc4c(c3)CCC4)C2=O)cc1. The maximum Gasteiger partial charge on any atom is 0.325 e. The highest BCUT2D eigenvalue weighted by atomic mass is 16.2. The summed E-state index contributed by atoms with van der Waals surface area (Å²) in [6, 6.07) is 13.1. The molecule has 1 heterocycles. The maximum atomic E-state index is 13.1. The molecular formula is C25H29N3O3. The minimum absolute atomic E-state index is 0.317. The first-order valence-electron chi connectivity index (χ1n) is 11.1. The van der Waals surface area contributed by atoms with Crippen molar-refractivity contribution in [2.75, 3.05) is 11.9 Å². The Morgan fingerprint density at radius 3 is 2.58 bits per heavy atom. The van der Waals surface area contributed by atoms with Crippen LogP contribution in [0.1, 0.15) is 55.4 Å². The Kier molecular flexibility index (Phi) is 5.81. The third-order valence-corrected chi connectivity index (χ3v) is 6.31. The largest absolute Gasteiger partial charge is 0.325 e. The zero-order valence-electron chi connectivity index (χ0n) is 18.2. The van der Waals surface area contributed by atoms with Crippen LogP contribution in [0.5, 0.6) is 0 Å². The summed E-state index contributed by atoms with van der Waals surface area (Å²) in [4.78, 5) is 39.2. The standard InChI is InChI=1S/C25H29N3O3/c1-3-4-6-17-9-13-21(14-10-17)26-22(29)16-28-23(30)25(2,27-24(28)31)20-12-11-18-7-5-8-19(18)15-20/h9-15H,3-8,16H2,1-2H3,(H,26,29)(H,27,31)/t25-/m0/s1. The molecule has 1 atom stereocenters. The summed E-state index contributed by atoms with van der Waals surface area (Å²) in [5.74, 6) is -0.802. The Balaban J connectivity index is 1.42. The molecule has 1 fully saturated rings. The summed E-state index contributed by atoms with van der Waals surface area (Å²) in [7, 11) is 0. The lowest BCUT2D eigenvalue weighted by Gasteiger charge is -2.23. The lowest BCUT2D eigenvalue weighted by atomic mass is 9.89. The van der Waals surface area contributed by atoms with Gasteiger partial charge in [-0.1, -0.05) is 43.7 Å². The molecule has 6 heteroatoms. The first-order chi connectivity index (χ1) is 14.9. The first kappa shape index (κ1) is 21.1. The van der Waals surface area contributed by atoms with Gasteiger partial charge in [-0.2, -0.15) is 0 Å². The minimum atomic E-state index is -1.16. The number of unbranched alkanes of at least 4 members (excludes halogenated alkanes) is 1. The number of carbonyl (C=O) groups excluding carboxylic acids is 3.